The molecule has 2 aromatic rings. The highest BCUT2D eigenvalue weighted by Gasteiger charge is 2.31. The van der Waals surface area contributed by atoms with Crippen LogP contribution < -0.4 is 5.32 Å². The second-order valence-corrected chi connectivity index (χ2v) is 6.75. The van der Waals surface area contributed by atoms with Crippen molar-refractivity contribution in [3.63, 3.8) is 0 Å². The summed E-state index contributed by atoms with van der Waals surface area (Å²) in [5.74, 6) is 0.821. The number of aromatic nitrogens is 4. The molecule has 0 aromatic carbocycles. The topological polar surface area (TPSA) is 72.7 Å². The van der Waals surface area contributed by atoms with Crippen LogP contribution >= 0.6 is 11.8 Å². The summed E-state index contributed by atoms with van der Waals surface area (Å²) in [6.45, 7) is 5.96. The molecule has 7 heteroatoms. The van der Waals surface area contributed by atoms with Crippen molar-refractivity contribution in [1.29, 1.82) is 0 Å². The van der Waals surface area contributed by atoms with Crippen molar-refractivity contribution >= 4 is 17.7 Å². The lowest BCUT2D eigenvalue weighted by atomic mass is 10.2. The zero-order valence-corrected chi connectivity index (χ0v) is 13.8. The highest BCUT2D eigenvalue weighted by Crippen LogP contribution is 2.41. The maximum absolute atomic E-state index is 12.0. The number of amides is 1. The molecule has 1 saturated carbocycles. The van der Waals surface area contributed by atoms with Crippen molar-refractivity contribution in [2.24, 2.45) is 0 Å². The number of rotatable bonds is 7. The van der Waals surface area contributed by atoms with E-state index in [1.54, 1.807) is 18.5 Å². The van der Waals surface area contributed by atoms with Crippen LogP contribution in [0.3, 0.4) is 0 Å². The number of carbonyl (C=O) groups is 1. The summed E-state index contributed by atoms with van der Waals surface area (Å²) in [6, 6.07) is 4.29. The smallest absolute Gasteiger partial charge is 0.233 e. The van der Waals surface area contributed by atoms with Crippen LogP contribution in [0.15, 0.2) is 42.3 Å². The van der Waals surface area contributed by atoms with Gasteiger partial charge in [0.1, 0.15) is 0 Å². The van der Waals surface area contributed by atoms with Gasteiger partial charge in [-0.15, -0.1) is 16.8 Å². The molecule has 3 rings (SSSR count). The van der Waals surface area contributed by atoms with Crippen LogP contribution in [0.1, 0.15) is 25.8 Å². The van der Waals surface area contributed by atoms with Crippen LogP contribution in [0, 0.1) is 0 Å². The Morgan fingerprint density at radius 3 is 2.87 bits per heavy atom. The van der Waals surface area contributed by atoms with Gasteiger partial charge in [0.05, 0.1) is 5.25 Å². The van der Waals surface area contributed by atoms with Crippen molar-refractivity contribution in [2.45, 2.75) is 36.2 Å². The first-order chi connectivity index (χ1) is 11.2. The molecular weight excluding hydrogens is 310 g/mol. The molecule has 1 amide bonds. The Morgan fingerprint density at radius 2 is 2.22 bits per heavy atom. The molecule has 1 N–H and O–H groups in total. The standard InChI is InChI=1S/C16H19N5OS/c1-3-8-18-15(22)11(2)23-16-20-19-14(21(16)13-4-5-13)12-6-9-17-10-7-12/h3,6-7,9-11,13H,1,4-5,8H2,2H3,(H,18,22)/t11-/m0/s1. The maximum atomic E-state index is 12.0. The highest BCUT2D eigenvalue weighted by atomic mass is 32.2. The first-order valence-corrected chi connectivity index (χ1v) is 8.49. The molecule has 1 aliphatic rings. The summed E-state index contributed by atoms with van der Waals surface area (Å²) >= 11 is 1.44. The van der Waals surface area contributed by atoms with Crippen LogP contribution in [0.2, 0.25) is 0 Å². The third-order valence-corrected chi connectivity index (χ3v) is 4.64. The lowest BCUT2D eigenvalue weighted by Crippen LogP contribution is -2.31. The Morgan fingerprint density at radius 1 is 1.48 bits per heavy atom. The molecule has 1 atom stereocenters. The number of hydrogen-bond donors (Lipinski definition) is 1. The fraction of sp³-hybridized carbons (Fsp3) is 0.375. The van der Waals surface area contributed by atoms with Crippen molar-refractivity contribution in [3.05, 3.63) is 37.2 Å². The van der Waals surface area contributed by atoms with Crippen molar-refractivity contribution < 1.29 is 4.79 Å². The summed E-state index contributed by atoms with van der Waals surface area (Å²) in [6.07, 6.45) is 7.42. The third kappa shape index (κ3) is 3.61. The quantitative estimate of drug-likeness (QED) is 0.624. The van der Waals surface area contributed by atoms with Crippen LogP contribution in [-0.2, 0) is 4.79 Å². The lowest BCUT2D eigenvalue weighted by Gasteiger charge is -2.12. The second-order valence-electron chi connectivity index (χ2n) is 5.44. The molecular formula is C16H19N5OS. The van der Waals surface area contributed by atoms with Crippen LogP contribution in [-0.4, -0.2) is 37.5 Å². The van der Waals surface area contributed by atoms with Gasteiger partial charge < -0.3 is 5.32 Å². The van der Waals surface area contributed by atoms with E-state index in [4.69, 9.17) is 0 Å². The molecule has 0 saturated heterocycles. The normalized spacial score (nSPS) is 15.2. The molecule has 0 unspecified atom stereocenters. The van der Waals surface area contributed by atoms with Gasteiger partial charge in [-0.1, -0.05) is 17.8 Å². The molecule has 1 aliphatic carbocycles. The molecule has 2 aromatic heterocycles. The Balaban J connectivity index is 1.82. The number of carbonyl (C=O) groups excluding carboxylic acids is 1. The van der Waals surface area contributed by atoms with Gasteiger partial charge >= 0.3 is 0 Å². The zero-order chi connectivity index (χ0) is 16.2. The van der Waals surface area contributed by atoms with Gasteiger partial charge in [-0.25, -0.2) is 0 Å². The first-order valence-electron chi connectivity index (χ1n) is 7.61. The Bertz CT molecular complexity index is 696. The van der Waals surface area contributed by atoms with Crippen LogP contribution in [0.5, 0.6) is 0 Å². The van der Waals surface area contributed by atoms with E-state index in [0.717, 1.165) is 29.4 Å². The summed E-state index contributed by atoms with van der Waals surface area (Å²) in [5, 5.41) is 12.0. The number of nitrogens with zero attached hydrogens (tertiary/aromatic N) is 4. The molecule has 23 heavy (non-hydrogen) atoms. The van der Waals surface area contributed by atoms with E-state index in [1.165, 1.54) is 11.8 Å². The monoisotopic (exact) mass is 329 g/mol. The molecule has 120 valence electrons. The van der Waals surface area contributed by atoms with E-state index >= 15 is 0 Å². The van der Waals surface area contributed by atoms with Gasteiger partial charge in [0, 0.05) is 30.5 Å². The van der Waals surface area contributed by atoms with E-state index in [0.29, 0.717) is 12.6 Å². The molecule has 0 aliphatic heterocycles. The second kappa shape index (κ2) is 6.95. The Kier molecular flexibility index (Phi) is 4.76. The Labute approximate surface area is 139 Å². The van der Waals surface area contributed by atoms with E-state index in [1.807, 2.05) is 19.1 Å². The van der Waals surface area contributed by atoms with Crippen LogP contribution in [0.25, 0.3) is 11.4 Å². The summed E-state index contributed by atoms with van der Waals surface area (Å²) in [7, 11) is 0. The molecule has 2 heterocycles. The predicted molar refractivity (Wildman–Crippen MR) is 90.0 cm³/mol. The average molecular weight is 329 g/mol. The average Bonchev–Trinajstić information content (AvgIpc) is 3.34. The summed E-state index contributed by atoms with van der Waals surface area (Å²) < 4.78 is 2.15. The molecule has 0 radical (unpaired) electrons. The van der Waals surface area contributed by atoms with Crippen molar-refractivity contribution in [1.82, 2.24) is 25.1 Å². The summed E-state index contributed by atoms with van der Waals surface area (Å²) in [4.78, 5) is 16.1. The van der Waals surface area contributed by atoms with Crippen molar-refractivity contribution in [2.75, 3.05) is 6.54 Å². The first kappa shape index (κ1) is 15.7. The van der Waals surface area contributed by atoms with Gasteiger partial charge in [0.15, 0.2) is 11.0 Å². The van der Waals surface area contributed by atoms with Gasteiger partial charge in [-0.3, -0.25) is 14.3 Å². The summed E-state index contributed by atoms with van der Waals surface area (Å²) in [5.41, 5.74) is 0.995. The van der Waals surface area contributed by atoms with Gasteiger partial charge in [0.25, 0.3) is 0 Å². The minimum absolute atomic E-state index is 0.0225. The molecule has 0 bridgehead atoms. The number of hydrogen-bond acceptors (Lipinski definition) is 5. The van der Waals surface area contributed by atoms with Gasteiger partial charge in [-0.05, 0) is 31.9 Å². The molecule has 6 nitrogen and oxygen atoms in total. The lowest BCUT2D eigenvalue weighted by molar-refractivity contribution is -0.120. The minimum atomic E-state index is -0.234. The number of thioether (sulfide) groups is 1. The zero-order valence-electron chi connectivity index (χ0n) is 13.0. The predicted octanol–water partition coefficient (Wildman–Crippen LogP) is 2.46. The van der Waals surface area contributed by atoms with Gasteiger partial charge in [-0.2, -0.15) is 0 Å². The van der Waals surface area contributed by atoms with E-state index < -0.39 is 0 Å². The number of pyridine rings is 1. The van der Waals surface area contributed by atoms with Crippen LogP contribution in [0.4, 0.5) is 0 Å². The minimum Gasteiger partial charge on any atom is -0.352 e. The molecule has 0 spiro atoms. The van der Waals surface area contributed by atoms with Gasteiger partial charge in [0.2, 0.25) is 5.91 Å². The van der Waals surface area contributed by atoms with E-state index in [2.05, 4.69) is 31.6 Å². The third-order valence-electron chi connectivity index (χ3n) is 3.59. The van der Waals surface area contributed by atoms with E-state index in [9.17, 15) is 4.79 Å². The maximum Gasteiger partial charge on any atom is 0.233 e. The van der Waals surface area contributed by atoms with E-state index in [-0.39, 0.29) is 11.2 Å². The SMILES string of the molecule is C=CCNC(=O)[C@H](C)Sc1nnc(-c2ccncc2)n1C1CC1. The number of nitrogens with one attached hydrogen (secondary N) is 1. The highest BCUT2D eigenvalue weighted by molar-refractivity contribution is 8.00. The fourth-order valence-corrected chi connectivity index (χ4v) is 3.19. The Hall–Kier alpha value is -2.15. The molecule has 1 fully saturated rings. The van der Waals surface area contributed by atoms with Crippen molar-refractivity contribution in [3.8, 4) is 11.4 Å². The fourth-order valence-electron chi connectivity index (χ4n) is 2.25. The largest absolute Gasteiger partial charge is 0.352 e.